The highest BCUT2D eigenvalue weighted by atomic mass is 35.5. The number of amides is 1. The van der Waals surface area contributed by atoms with Gasteiger partial charge in [-0.1, -0.05) is 30.3 Å². The summed E-state index contributed by atoms with van der Waals surface area (Å²) in [6.07, 6.45) is 0.512. The molecule has 4 N–H and O–H groups in total. The van der Waals surface area contributed by atoms with Crippen molar-refractivity contribution in [1.29, 1.82) is 0 Å². The fraction of sp³-hybridized carbons (Fsp3) is 0.364. The van der Waals surface area contributed by atoms with E-state index in [9.17, 15) is 4.79 Å². The van der Waals surface area contributed by atoms with Gasteiger partial charge >= 0.3 is 0 Å². The fourth-order valence-corrected chi connectivity index (χ4v) is 1.27. The van der Waals surface area contributed by atoms with Gasteiger partial charge in [-0.05, 0) is 12.0 Å². The SMILES string of the molecule is Cl.N[C@@H](Cc1ccccc1)C(=O)NCCO. The minimum absolute atomic E-state index is 0. The van der Waals surface area contributed by atoms with Crippen molar-refractivity contribution < 1.29 is 9.90 Å². The molecule has 1 rings (SSSR count). The Balaban J connectivity index is 0.00000225. The molecule has 0 aliphatic carbocycles. The second-order valence-corrected chi connectivity index (χ2v) is 3.31. The van der Waals surface area contributed by atoms with Crippen molar-refractivity contribution >= 4 is 18.3 Å². The Morgan fingerprint density at radius 2 is 2.00 bits per heavy atom. The van der Waals surface area contributed by atoms with Crippen LogP contribution >= 0.6 is 12.4 Å². The van der Waals surface area contributed by atoms with E-state index in [1.54, 1.807) is 0 Å². The zero-order valence-electron chi connectivity index (χ0n) is 8.93. The van der Waals surface area contributed by atoms with Crippen molar-refractivity contribution in [1.82, 2.24) is 5.32 Å². The van der Waals surface area contributed by atoms with Crippen LogP contribution in [0.1, 0.15) is 5.56 Å². The van der Waals surface area contributed by atoms with Gasteiger partial charge in [-0.3, -0.25) is 4.79 Å². The first-order valence-electron chi connectivity index (χ1n) is 4.92. The number of hydrogen-bond donors (Lipinski definition) is 3. The average Bonchev–Trinajstić information content (AvgIpc) is 2.27. The molecule has 0 saturated heterocycles. The van der Waals surface area contributed by atoms with Crippen LogP contribution in [0.3, 0.4) is 0 Å². The van der Waals surface area contributed by atoms with Crippen LogP contribution in [0.5, 0.6) is 0 Å². The Labute approximate surface area is 101 Å². The first kappa shape index (κ1) is 14.9. The molecule has 5 heteroatoms. The van der Waals surface area contributed by atoms with E-state index in [2.05, 4.69) is 5.32 Å². The van der Waals surface area contributed by atoms with Crippen molar-refractivity contribution in [2.75, 3.05) is 13.2 Å². The topological polar surface area (TPSA) is 75.4 Å². The Hall–Kier alpha value is -1.10. The summed E-state index contributed by atoms with van der Waals surface area (Å²) in [6.45, 7) is 0.186. The maximum atomic E-state index is 11.4. The summed E-state index contributed by atoms with van der Waals surface area (Å²) in [5, 5.41) is 11.1. The number of carbonyl (C=O) groups is 1. The third-order valence-corrected chi connectivity index (χ3v) is 2.05. The molecule has 4 nitrogen and oxygen atoms in total. The van der Waals surface area contributed by atoms with E-state index in [-0.39, 0.29) is 31.5 Å². The van der Waals surface area contributed by atoms with E-state index in [0.717, 1.165) is 5.56 Å². The van der Waals surface area contributed by atoms with Crippen LogP contribution in [0.15, 0.2) is 30.3 Å². The average molecular weight is 245 g/mol. The number of aliphatic hydroxyl groups excluding tert-OH is 1. The number of aliphatic hydroxyl groups is 1. The first-order valence-corrected chi connectivity index (χ1v) is 4.92. The lowest BCUT2D eigenvalue weighted by Crippen LogP contribution is -2.42. The van der Waals surface area contributed by atoms with Gasteiger partial charge in [-0.25, -0.2) is 0 Å². The predicted octanol–water partition coefficient (Wildman–Crippen LogP) is 0.0867. The van der Waals surface area contributed by atoms with Gasteiger partial charge in [0.05, 0.1) is 12.6 Å². The van der Waals surface area contributed by atoms with Gasteiger partial charge in [0.15, 0.2) is 0 Å². The largest absolute Gasteiger partial charge is 0.395 e. The number of halogens is 1. The molecule has 0 aliphatic rings. The quantitative estimate of drug-likeness (QED) is 0.687. The van der Waals surface area contributed by atoms with Gasteiger partial charge in [-0.15, -0.1) is 12.4 Å². The van der Waals surface area contributed by atoms with Crippen LogP contribution in [0.25, 0.3) is 0 Å². The van der Waals surface area contributed by atoms with Gasteiger partial charge < -0.3 is 16.2 Å². The Kier molecular flexibility index (Phi) is 7.54. The highest BCUT2D eigenvalue weighted by Gasteiger charge is 2.12. The highest BCUT2D eigenvalue weighted by molar-refractivity contribution is 5.85. The Bertz CT molecular complexity index is 306. The summed E-state index contributed by atoms with van der Waals surface area (Å²) < 4.78 is 0. The minimum Gasteiger partial charge on any atom is -0.395 e. The number of hydrogen-bond acceptors (Lipinski definition) is 3. The predicted molar refractivity (Wildman–Crippen MR) is 65.5 cm³/mol. The van der Waals surface area contributed by atoms with Gasteiger partial charge in [0.1, 0.15) is 0 Å². The van der Waals surface area contributed by atoms with Gasteiger partial charge in [0, 0.05) is 6.54 Å². The standard InChI is InChI=1S/C11H16N2O2.ClH/c12-10(11(15)13-6-7-14)8-9-4-2-1-3-5-9;/h1-5,10,14H,6-8,12H2,(H,13,15);1H/t10-;/m0./s1. The molecule has 0 spiro atoms. The van der Waals surface area contributed by atoms with Crippen LogP contribution in [0.4, 0.5) is 0 Å². The molecule has 0 radical (unpaired) electrons. The maximum Gasteiger partial charge on any atom is 0.237 e. The van der Waals surface area contributed by atoms with Crippen LogP contribution in [-0.4, -0.2) is 30.2 Å². The van der Waals surface area contributed by atoms with E-state index >= 15 is 0 Å². The number of nitrogens with two attached hydrogens (primary N) is 1. The maximum absolute atomic E-state index is 11.4. The summed E-state index contributed by atoms with van der Waals surface area (Å²) in [5.41, 5.74) is 6.73. The van der Waals surface area contributed by atoms with E-state index in [1.165, 1.54) is 0 Å². The lowest BCUT2D eigenvalue weighted by atomic mass is 10.1. The van der Waals surface area contributed by atoms with Gasteiger partial charge in [0.2, 0.25) is 5.91 Å². The smallest absolute Gasteiger partial charge is 0.237 e. The summed E-state index contributed by atoms with van der Waals surface area (Å²) in [6, 6.07) is 9.04. The molecule has 0 bridgehead atoms. The molecular weight excluding hydrogens is 228 g/mol. The van der Waals surface area contributed by atoms with Crippen molar-refractivity contribution in [3.8, 4) is 0 Å². The van der Waals surface area contributed by atoms with E-state index in [1.807, 2.05) is 30.3 Å². The zero-order chi connectivity index (χ0) is 11.1. The van der Waals surface area contributed by atoms with Crippen molar-refractivity contribution in [3.63, 3.8) is 0 Å². The lowest BCUT2D eigenvalue weighted by molar-refractivity contribution is -0.122. The third-order valence-electron chi connectivity index (χ3n) is 2.05. The van der Waals surface area contributed by atoms with E-state index in [0.29, 0.717) is 6.42 Å². The van der Waals surface area contributed by atoms with Crippen molar-refractivity contribution in [2.24, 2.45) is 5.73 Å². The number of carbonyl (C=O) groups excluding carboxylic acids is 1. The Morgan fingerprint density at radius 1 is 1.38 bits per heavy atom. The molecule has 0 fully saturated rings. The van der Waals surface area contributed by atoms with Crippen molar-refractivity contribution in [2.45, 2.75) is 12.5 Å². The monoisotopic (exact) mass is 244 g/mol. The number of nitrogens with one attached hydrogen (secondary N) is 1. The molecule has 90 valence electrons. The summed E-state index contributed by atoms with van der Waals surface area (Å²) in [4.78, 5) is 11.4. The molecule has 0 aromatic heterocycles. The molecule has 0 saturated carbocycles. The second-order valence-electron chi connectivity index (χ2n) is 3.31. The van der Waals surface area contributed by atoms with Crippen LogP contribution in [-0.2, 0) is 11.2 Å². The van der Waals surface area contributed by atoms with Crippen LogP contribution in [0, 0.1) is 0 Å². The molecule has 1 amide bonds. The second kappa shape index (κ2) is 8.10. The molecular formula is C11H17ClN2O2. The normalized spacial score (nSPS) is 11.4. The zero-order valence-corrected chi connectivity index (χ0v) is 9.74. The first-order chi connectivity index (χ1) is 7.24. The molecule has 1 aromatic carbocycles. The molecule has 1 atom stereocenters. The molecule has 16 heavy (non-hydrogen) atoms. The highest BCUT2D eigenvalue weighted by Crippen LogP contribution is 2.01. The van der Waals surface area contributed by atoms with E-state index in [4.69, 9.17) is 10.8 Å². The molecule has 0 aliphatic heterocycles. The summed E-state index contributed by atoms with van der Waals surface area (Å²) in [7, 11) is 0. The fourth-order valence-electron chi connectivity index (χ4n) is 1.27. The van der Waals surface area contributed by atoms with Gasteiger partial charge in [-0.2, -0.15) is 0 Å². The van der Waals surface area contributed by atoms with E-state index < -0.39 is 6.04 Å². The summed E-state index contributed by atoms with van der Waals surface area (Å²) in [5.74, 6) is -0.229. The minimum atomic E-state index is -0.557. The third kappa shape index (κ3) is 5.11. The Morgan fingerprint density at radius 3 is 2.56 bits per heavy atom. The summed E-state index contributed by atoms with van der Waals surface area (Å²) >= 11 is 0. The molecule has 1 aromatic rings. The number of benzene rings is 1. The lowest BCUT2D eigenvalue weighted by Gasteiger charge is -2.11. The van der Waals surface area contributed by atoms with Crippen molar-refractivity contribution in [3.05, 3.63) is 35.9 Å². The van der Waals surface area contributed by atoms with Crippen LogP contribution in [0.2, 0.25) is 0 Å². The van der Waals surface area contributed by atoms with Crippen LogP contribution < -0.4 is 11.1 Å². The molecule has 0 unspecified atom stereocenters. The molecule has 0 heterocycles. The van der Waals surface area contributed by atoms with Gasteiger partial charge in [0.25, 0.3) is 0 Å². The number of rotatable bonds is 5.